The summed E-state index contributed by atoms with van der Waals surface area (Å²) in [6.45, 7) is 6.71. The summed E-state index contributed by atoms with van der Waals surface area (Å²) >= 11 is 0. The average molecular weight is 273 g/mol. The predicted molar refractivity (Wildman–Crippen MR) is 77.3 cm³/mol. The van der Waals surface area contributed by atoms with Crippen molar-refractivity contribution in [1.82, 2.24) is 9.78 Å². The van der Waals surface area contributed by atoms with E-state index in [9.17, 15) is 4.79 Å². The minimum absolute atomic E-state index is 0.195. The molecule has 0 saturated heterocycles. The normalized spacial score (nSPS) is 10.6. The molecule has 0 aliphatic carbocycles. The first-order valence-corrected chi connectivity index (χ1v) is 6.58. The highest BCUT2D eigenvalue weighted by Gasteiger charge is 2.14. The van der Waals surface area contributed by atoms with Crippen molar-refractivity contribution in [3.8, 4) is 0 Å². The van der Waals surface area contributed by atoms with E-state index in [0.29, 0.717) is 11.3 Å². The van der Waals surface area contributed by atoms with Gasteiger partial charge >= 0.3 is 5.97 Å². The molecule has 2 N–H and O–H groups in total. The van der Waals surface area contributed by atoms with Gasteiger partial charge in [0.25, 0.3) is 0 Å². The van der Waals surface area contributed by atoms with E-state index < -0.39 is 5.97 Å². The lowest BCUT2D eigenvalue weighted by atomic mass is 10.1. The van der Waals surface area contributed by atoms with Crippen LogP contribution < -0.4 is 5.73 Å². The number of carbonyl (C=O) groups is 1. The molecule has 20 heavy (non-hydrogen) atoms. The molecule has 0 atom stereocenters. The summed E-state index contributed by atoms with van der Waals surface area (Å²) in [6, 6.07) is 7.24. The highest BCUT2D eigenvalue weighted by Crippen LogP contribution is 2.18. The van der Waals surface area contributed by atoms with Gasteiger partial charge in [0.15, 0.2) is 0 Å². The minimum Gasteiger partial charge on any atom is -0.456 e. The number of aromatic nitrogens is 2. The van der Waals surface area contributed by atoms with Gasteiger partial charge in [0, 0.05) is 12.2 Å². The Morgan fingerprint density at radius 1 is 1.40 bits per heavy atom. The Bertz CT molecular complexity index is 632. The van der Waals surface area contributed by atoms with E-state index in [1.54, 1.807) is 12.1 Å². The zero-order valence-corrected chi connectivity index (χ0v) is 12.0. The Morgan fingerprint density at radius 3 is 2.85 bits per heavy atom. The first kappa shape index (κ1) is 14.1. The number of aryl methyl sites for hydroxylation is 3. The van der Waals surface area contributed by atoms with Crippen molar-refractivity contribution in [3.05, 3.63) is 46.8 Å². The third-order valence-corrected chi connectivity index (χ3v) is 3.18. The largest absolute Gasteiger partial charge is 0.456 e. The quantitative estimate of drug-likeness (QED) is 0.686. The van der Waals surface area contributed by atoms with Crippen LogP contribution in [0, 0.1) is 13.8 Å². The van der Waals surface area contributed by atoms with Crippen LogP contribution in [0.15, 0.2) is 24.3 Å². The molecule has 0 aliphatic rings. The Morgan fingerprint density at radius 2 is 2.15 bits per heavy atom. The molecular weight excluding hydrogens is 254 g/mol. The van der Waals surface area contributed by atoms with E-state index in [1.807, 2.05) is 37.6 Å². The Kier molecular flexibility index (Phi) is 4.08. The first-order valence-electron chi connectivity index (χ1n) is 6.58. The monoisotopic (exact) mass is 273 g/mol. The molecule has 2 aromatic rings. The highest BCUT2D eigenvalue weighted by molar-refractivity contribution is 5.95. The number of anilines is 1. The molecule has 0 spiro atoms. The maximum Gasteiger partial charge on any atom is 0.340 e. The van der Waals surface area contributed by atoms with Gasteiger partial charge in [0.05, 0.1) is 17.0 Å². The van der Waals surface area contributed by atoms with E-state index in [0.717, 1.165) is 23.5 Å². The molecule has 0 saturated carbocycles. The summed E-state index contributed by atoms with van der Waals surface area (Å²) < 4.78 is 7.15. The molecule has 1 aromatic heterocycles. The molecular formula is C15H19N3O2. The number of nitrogens with two attached hydrogens (primary N) is 1. The zero-order valence-electron chi connectivity index (χ0n) is 12.0. The van der Waals surface area contributed by atoms with Gasteiger partial charge in [-0.3, -0.25) is 4.68 Å². The van der Waals surface area contributed by atoms with Crippen LogP contribution in [0.1, 0.15) is 34.2 Å². The fourth-order valence-corrected chi connectivity index (χ4v) is 2.06. The summed E-state index contributed by atoms with van der Waals surface area (Å²) in [4.78, 5) is 12.1. The summed E-state index contributed by atoms with van der Waals surface area (Å²) in [7, 11) is 0. The number of carbonyl (C=O) groups excluding carboxylic acids is 1. The summed E-state index contributed by atoms with van der Waals surface area (Å²) in [5.41, 5.74) is 9.43. The van der Waals surface area contributed by atoms with Crippen molar-refractivity contribution in [2.24, 2.45) is 0 Å². The zero-order chi connectivity index (χ0) is 14.7. The van der Waals surface area contributed by atoms with Crippen molar-refractivity contribution in [2.45, 2.75) is 33.9 Å². The van der Waals surface area contributed by atoms with Crippen LogP contribution in [0.5, 0.6) is 0 Å². The van der Waals surface area contributed by atoms with Gasteiger partial charge in [-0.05, 0) is 38.5 Å². The predicted octanol–water partition coefficient (Wildman–Crippen LogP) is 2.46. The number of benzene rings is 1. The van der Waals surface area contributed by atoms with Crippen molar-refractivity contribution >= 4 is 11.7 Å². The van der Waals surface area contributed by atoms with Gasteiger partial charge in [0.2, 0.25) is 0 Å². The third kappa shape index (κ3) is 2.82. The average Bonchev–Trinajstić information content (AvgIpc) is 2.79. The number of nitrogens with zero attached hydrogens (tertiary/aromatic N) is 2. The Hall–Kier alpha value is -2.30. The summed E-state index contributed by atoms with van der Waals surface area (Å²) in [5.74, 6) is -0.410. The van der Waals surface area contributed by atoms with Crippen molar-refractivity contribution < 1.29 is 9.53 Å². The lowest BCUT2D eigenvalue weighted by Gasteiger charge is -2.09. The smallest absolute Gasteiger partial charge is 0.340 e. The number of rotatable bonds is 4. The lowest BCUT2D eigenvalue weighted by molar-refractivity contribution is 0.0463. The number of hydrogen-bond acceptors (Lipinski definition) is 4. The second-order valence-corrected chi connectivity index (χ2v) is 4.71. The fourth-order valence-electron chi connectivity index (χ4n) is 2.06. The fraction of sp³-hybridized carbons (Fsp3) is 0.333. The van der Waals surface area contributed by atoms with Crippen LogP contribution in [-0.4, -0.2) is 15.7 Å². The number of hydrogen-bond donors (Lipinski definition) is 1. The molecule has 1 heterocycles. The molecule has 2 rings (SSSR count). The summed E-state index contributed by atoms with van der Waals surface area (Å²) in [6.07, 6.45) is 0. The number of para-hydroxylation sites is 1. The van der Waals surface area contributed by atoms with Gasteiger partial charge in [0.1, 0.15) is 6.61 Å². The Labute approximate surface area is 118 Å². The first-order chi connectivity index (χ1) is 9.52. The van der Waals surface area contributed by atoms with Crippen LogP contribution >= 0.6 is 0 Å². The Balaban J connectivity index is 2.10. The number of ether oxygens (including phenoxy) is 1. The number of nitrogen functional groups attached to an aromatic ring is 1. The van der Waals surface area contributed by atoms with E-state index in [1.165, 1.54) is 0 Å². The van der Waals surface area contributed by atoms with E-state index in [4.69, 9.17) is 10.5 Å². The van der Waals surface area contributed by atoms with E-state index in [2.05, 4.69) is 5.10 Å². The maximum atomic E-state index is 12.1. The molecule has 0 radical (unpaired) electrons. The molecule has 0 unspecified atom stereocenters. The highest BCUT2D eigenvalue weighted by atomic mass is 16.5. The van der Waals surface area contributed by atoms with Crippen LogP contribution in [0.2, 0.25) is 0 Å². The second-order valence-electron chi connectivity index (χ2n) is 4.71. The van der Waals surface area contributed by atoms with Gasteiger partial charge in [-0.1, -0.05) is 12.1 Å². The van der Waals surface area contributed by atoms with Crippen molar-refractivity contribution in [3.63, 3.8) is 0 Å². The van der Waals surface area contributed by atoms with Gasteiger partial charge < -0.3 is 10.5 Å². The van der Waals surface area contributed by atoms with E-state index >= 15 is 0 Å². The van der Waals surface area contributed by atoms with Crippen LogP contribution in [0.25, 0.3) is 0 Å². The molecule has 0 aliphatic heterocycles. The van der Waals surface area contributed by atoms with Crippen LogP contribution in [0.4, 0.5) is 5.69 Å². The topological polar surface area (TPSA) is 70.1 Å². The van der Waals surface area contributed by atoms with Gasteiger partial charge in [-0.25, -0.2) is 4.79 Å². The standard InChI is InChI=1S/C15H19N3O2/c1-4-18-12(8-11(3)17-18)9-20-15(19)13-7-5-6-10(2)14(13)16/h5-8H,4,9,16H2,1-3H3. The van der Waals surface area contributed by atoms with E-state index in [-0.39, 0.29) is 6.61 Å². The van der Waals surface area contributed by atoms with Crippen LogP contribution in [-0.2, 0) is 17.9 Å². The van der Waals surface area contributed by atoms with Crippen LogP contribution in [0.3, 0.4) is 0 Å². The molecule has 1 aromatic carbocycles. The second kappa shape index (κ2) is 5.77. The van der Waals surface area contributed by atoms with Crippen molar-refractivity contribution in [2.75, 3.05) is 5.73 Å². The molecule has 0 fully saturated rings. The summed E-state index contributed by atoms with van der Waals surface area (Å²) in [5, 5.41) is 4.31. The molecule has 0 amide bonds. The third-order valence-electron chi connectivity index (χ3n) is 3.18. The number of esters is 1. The lowest BCUT2D eigenvalue weighted by Crippen LogP contribution is -2.11. The SMILES string of the molecule is CCn1nc(C)cc1COC(=O)c1cccc(C)c1N. The minimum atomic E-state index is -0.410. The molecule has 0 bridgehead atoms. The van der Waals surface area contributed by atoms with Gasteiger partial charge in [-0.2, -0.15) is 5.10 Å². The molecule has 106 valence electrons. The molecule has 5 heteroatoms. The molecule has 5 nitrogen and oxygen atoms in total. The van der Waals surface area contributed by atoms with Crippen molar-refractivity contribution in [1.29, 1.82) is 0 Å². The van der Waals surface area contributed by atoms with Gasteiger partial charge in [-0.15, -0.1) is 0 Å². The maximum absolute atomic E-state index is 12.1.